The van der Waals surface area contributed by atoms with Crippen molar-refractivity contribution in [2.45, 2.75) is 19.9 Å². The maximum Gasteiger partial charge on any atom is 0.319 e. The zero-order valence-corrected chi connectivity index (χ0v) is 13.1. The average molecular weight is 292 g/mol. The fraction of sp³-hybridized carbons (Fsp3) is 0.467. The lowest BCUT2D eigenvalue weighted by molar-refractivity contribution is -0.127. The Morgan fingerprint density at radius 2 is 1.81 bits per heavy atom. The molecule has 0 fully saturated rings. The number of anilines is 1. The molecule has 0 bridgehead atoms. The number of hydrogen-bond donors (Lipinski definition) is 3. The minimum absolute atomic E-state index is 0.0195. The summed E-state index contributed by atoms with van der Waals surface area (Å²) in [5.74, 6) is -0.153. The van der Waals surface area contributed by atoms with Crippen molar-refractivity contribution in [1.29, 1.82) is 0 Å². The molecular weight excluding hydrogens is 268 g/mol. The highest BCUT2D eigenvalue weighted by Crippen LogP contribution is 2.15. The predicted molar refractivity (Wildman–Crippen MR) is 84.2 cm³/mol. The number of urea groups is 1. The standard InChI is InChI=1S/C15H24N4O2/c1-5-16-11(2)12-6-8-13(9-7-12)18-15(21)17-10-14(20)19(3)4/h6-9,11,16H,5,10H2,1-4H3,(H2,17,18,21). The van der Waals surface area contributed by atoms with Gasteiger partial charge in [-0.25, -0.2) is 4.79 Å². The van der Waals surface area contributed by atoms with Gasteiger partial charge in [-0.1, -0.05) is 19.1 Å². The zero-order valence-electron chi connectivity index (χ0n) is 13.1. The van der Waals surface area contributed by atoms with E-state index in [0.717, 1.165) is 12.1 Å². The van der Waals surface area contributed by atoms with Crippen molar-refractivity contribution in [3.8, 4) is 0 Å². The Kier molecular flexibility index (Phi) is 6.68. The topological polar surface area (TPSA) is 73.5 Å². The summed E-state index contributed by atoms with van der Waals surface area (Å²) in [6, 6.07) is 7.50. The van der Waals surface area contributed by atoms with Crippen LogP contribution in [0.25, 0.3) is 0 Å². The molecule has 1 unspecified atom stereocenters. The predicted octanol–water partition coefficient (Wildman–Crippen LogP) is 1.57. The maximum absolute atomic E-state index is 11.7. The Hall–Kier alpha value is -2.08. The molecule has 6 heteroatoms. The molecule has 0 saturated carbocycles. The van der Waals surface area contributed by atoms with Crippen LogP contribution in [-0.2, 0) is 4.79 Å². The fourth-order valence-electron chi connectivity index (χ4n) is 1.77. The molecule has 0 aromatic heterocycles. The largest absolute Gasteiger partial charge is 0.347 e. The second-order valence-corrected chi connectivity index (χ2v) is 5.00. The zero-order chi connectivity index (χ0) is 15.8. The third-order valence-corrected chi connectivity index (χ3v) is 3.08. The second-order valence-electron chi connectivity index (χ2n) is 5.00. The molecule has 3 N–H and O–H groups in total. The first-order chi connectivity index (χ1) is 9.93. The molecule has 6 nitrogen and oxygen atoms in total. The highest BCUT2D eigenvalue weighted by Gasteiger charge is 2.08. The summed E-state index contributed by atoms with van der Waals surface area (Å²) in [5.41, 5.74) is 1.85. The van der Waals surface area contributed by atoms with Gasteiger partial charge in [0.2, 0.25) is 5.91 Å². The lowest BCUT2D eigenvalue weighted by atomic mass is 10.1. The van der Waals surface area contributed by atoms with Gasteiger partial charge in [-0.05, 0) is 31.2 Å². The van der Waals surface area contributed by atoms with Crippen molar-refractivity contribution < 1.29 is 9.59 Å². The summed E-state index contributed by atoms with van der Waals surface area (Å²) < 4.78 is 0. The second kappa shape index (κ2) is 8.26. The Bertz CT molecular complexity index is 471. The van der Waals surface area contributed by atoms with Gasteiger partial charge in [-0.2, -0.15) is 0 Å². The Balaban J connectivity index is 2.48. The van der Waals surface area contributed by atoms with Crippen molar-refractivity contribution in [1.82, 2.24) is 15.5 Å². The van der Waals surface area contributed by atoms with Gasteiger partial charge < -0.3 is 20.9 Å². The van der Waals surface area contributed by atoms with E-state index in [-0.39, 0.29) is 18.5 Å². The third kappa shape index (κ3) is 5.83. The van der Waals surface area contributed by atoms with Crippen LogP contribution in [0.15, 0.2) is 24.3 Å². The number of benzene rings is 1. The van der Waals surface area contributed by atoms with E-state index in [1.165, 1.54) is 4.90 Å². The highest BCUT2D eigenvalue weighted by molar-refractivity contribution is 5.92. The molecule has 0 aliphatic rings. The molecule has 21 heavy (non-hydrogen) atoms. The third-order valence-electron chi connectivity index (χ3n) is 3.08. The first-order valence-electron chi connectivity index (χ1n) is 7.02. The van der Waals surface area contributed by atoms with E-state index in [1.807, 2.05) is 24.3 Å². The molecule has 0 aliphatic carbocycles. The van der Waals surface area contributed by atoms with Crippen molar-refractivity contribution in [2.75, 3.05) is 32.5 Å². The Morgan fingerprint density at radius 1 is 1.19 bits per heavy atom. The molecule has 3 amide bonds. The number of likely N-dealkylation sites (N-methyl/N-ethyl adjacent to an activating group) is 1. The number of amides is 3. The Labute approximate surface area is 125 Å². The van der Waals surface area contributed by atoms with Crippen molar-refractivity contribution >= 4 is 17.6 Å². The molecule has 0 radical (unpaired) electrons. The number of carbonyl (C=O) groups is 2. The van der Waals surface area contributed by atoms with Gasteiger partial charge in [0.1, 0.15) is 0 Å². The number of carbonyl (C=O) groups excluding carboxylic acids is 2. The van der Waals surface area contributed by atoms with Gasteiger partial charge in [0.05, 0.1) is 6.54 Å². The van der Waals surface area contributed by atoms with Crippen LogP contribution in [0.5, 0.6) is 0 Å². The molecule has 1 aromatic rings. The van der Waals surface area contributed by atoms with Crippen LogP contribution in [0.2, 0.25) is 0 Å². The molecule has 0 saturated heterocycles. The van der Waals surface area contributed by atoms with Crippen molar-refractivity contribution in [2.24, 2.45) is 0 Å². The lowest BCUT2D eigenvalue weighted by Crippen LogP contribution is -2.38. The minimum atomic E-state index is -0.391. The van der Waals surface area contributed by atoms with E-state index in [4.69, 9.17) is 0 Å². The molecule has 116 valence electrons. The van der Waals surface area contributed by atoms with Crippen LogP contribution in [0.1, 0.15) is 25.5 Å². The SMILES string of the molecule is CCNC(C)c1ccc(NC(=O)NCC(=O)N(C)C)cc1. The lowest BCUT2D eigenvalue weighted by Gasteiger charge is -2.14. The molecule has 0 aliphatic heterocycles. The first-order valence-corrected chi connectivity index (χ1v) is 7.02. The van der Waals surface area contributed by atoms with E-state index in [2.05, 4.69) is 29.8 Å². The summed E-state index contributed by atoms with van der Waals surface area (Å²) in [5, 5.41) is 8.53. The molecule has 0 heterocycles. The van der Waals surface area contributed by atoms with Gasteiger partial charge in [-0.3, -0.25) is 4.79 Å². The number of rotatable bonds is 6. The van der Waals surface area contributed by atoms with E-state index in [1.54, 1.807) is 14.1 Å². The number of hydrogen-bond acceptors (Lipinski definition) is 3. The smallest absolute Gasteiger partial charge is 0.319 e. The van der Waals surface area contributed by atoms with Crippen LogP contribution in [0, 0.1) is 0 Å². The molecule has 1 rings (SSSR count). The van der Waals surface area contributed by atoms with E-state index in [0.29, 0.717) is 5.69 Å². The van der Waals surface area contributed by atoms with Crippen LogP contribution < -0.4 is 16.0 Å². The summed E-state index contributed by atoms with van der Waals surface area (Å²) in [7, 11) is 3.29. The monoisotopic (exact) mass is 292 g/mol. The van der Waals surface area contributed by atoms with Gasteiger partial charge in [0.15, 0.2) is 0 Å². The van der Waals surface area contributed by atoms with Crippen molar-refractivity contribution in [3.05, 3.63) is 29.8 Å². The minimum Gasteiger partial charge on any atom is -0.347 e. The summed E-state index contributed by atoms with van der Waals surface area (Å²) in [6.07, 6.45) is 0. The molecule has 1 atom stereocenters. The van der Waals surface area contributed by atoms with Gasteiger partial charge in [0, 0.05) is 25.8 Å². The molecule has 1 aromatic carbocycles. The van der Waals surface area contributed by atoms with Gasteiger partial charge in [-0.15, -0.1) is 0 Å². The molecule has 0 spiro atoms. The number of nitrogens with zero attached hydrogens (tertiary/aromatic N) is 1. The van der Waals surface area contributed by atoms with E-state index < -0.39 is 6.03 Å². The van der Waals surface area contributed by atoms with E-state index in [9.17, 15) is 9.59 Å². The van der Waals surface area contributed by atoms with Crippen LogP contribution in [0.3, 0.4) is 0 Å². The van der Waals surface area contributed by atoms with Crippen LogP contribution >= 0.6 is 0 Å². The summed E-state index contributed by atoms with van der Waals surface area (Å²) in [4.78, 5) is 24.4. The average Bonchev–Trinajstić information content (AvgIpc) is 2.45. The van der Waals surface area contributed by atoms with E-state index >= 15 is 0 Å². The highest BCUT2D eigenvalue weighted by atomic mass is 16.2. The van der Waals surface area contributed by atoms with Crippen molar-refractivity contribution in [3.63, 3.8) is 0 Å². The quantitative estimate of drug-likeness (QED) is 0.745. The fourth-order valence-corrected chi connectivity index (χ4v) is 1.77. The normalized spacial score (nSPS) is 11.6. The first kappa shape index (κ1) is 17.0. The Morgan fingerprint density at radius 3 is 2.33 bits per heavy atom. The van der Waals surface area contributed by atoms with Crippen LogP contribution in [-0.4, -0.2) is 44.0 Å². The summed E-state index contributed by atoms with van der Waals surface area (Å²) in [6.45, 7) is 5.04. The summed E-state index contributed by atoms with van der Waals surface area (Å²) >= 11 is 0. The van der Waals surface area contributed by atoms with Gasteiger partial charge in [0.25, 0.3) is 0 Å². The molecular formula is C15H24N4O2. The number of nitrogens with one attached hydrogen (secondary N) is 3. The van der Waals surface area contributed by atoms with Gasteiger partial charge >= 0.3 is 6.03 Å². The van der Waals surface area contributed by atoms with Crippen LogP contribution in [0.4, 0.5) is 10.5 Å². The maximum atomic E-state index is 11.7.